The second-order valence-corrected chi connectivity index (χ2v) is 4.74. The van der Waals surface area contributed by atoms with E-state index in [1.807, 2.05) is 0 Å². The Labute approximate surface area is 101 Å². The zero-order valence-electron chi connectivity index (χ0n) is 9.43. The molecule has 1 spiro atoms. The van der Waals surface area contributed by atoms with E-state index >= 15 is 0 Å². The van der Waals surface area contributed by atoms with Crippen molar-refractivity contribution >= 4 is 11.6 Å². The summed E-state index contributed by atoms with van der Waals surface area (Å²) in [5.41, 5.74) is 5.49. The topological polar surface area (TPSA) is 0 Å². The van der Waals surface area contributed by atoms with Crippen molar-refractivity contribution in [2.45, 2.75) is 0 Å². The van der Waals surface area contributed by atoms with Gasteiger partial charge >= 0.3 is 0 Å². The second-order valence-electron chi connectivity index (χ2n) is 4.74. The molecule has 0 bridgehead atoms. The first-order valence-corrected chi connectivity index (χ1v) is 5.98. The van der Waals surface area contributed by atoms with E-state index in [0.717, 1.165) is 0 Å². The highest BCUT2D eigenvalue weighted by atomic mass is 14.4. The summed E-state index contributed by atoms with van der Waals surface area (Å²) in [5, 5.41) is 0. The Hall–Kier alpha value is -2.08. The lowest BCUT2D eigenvalue weighted by atomic mass is 9.75. The summed E-state index contributed by atoms with van der Waals surface area (Å²) in [5.74, 6) is 0. The Morgan fingerprint density at radius 2 is 1.59 bits per heavy atom. The third kappa shape index (κ3) is 1.07. The molecular formula is C17H12. The van der Waals surface area contributed by atoms with Gasteiger partial charge in [-0.15, -0.1) is 0 Å². The molecule has 0 N–H and O–H groups in total. The fourth-order valence-electron chi connectivity index (χ4n) is 2.95. The Morgan fingerprint density at radius 3 is 2.47 bits per heavy atom. The molecule has 0 saturated carbocycles. The molecule has 0 heterocycles. The predicted octanol–water partition coefficient (Wildman–Crippen LogP) is 4.15. The maximum absolute atomic E-state index is 2.32. The van der Waals surface area contributed by atoms with Gasteiger partial charge in [-0.2, -0.15) is 0 Å². The van der Waals surface area contributed by atoms with Gasteiger partial charge in [0.15, 0.2) is 0 Å². The standard InChI is InChI=1S/C17H12/c1-2-7-14-13(6-1)12-16-15(14)8-5-11-17(16)9-3-4-10-17/h1-12H. The number of hydrogen-bond acceptors (Lipinski definition) is 0. The van der Waals surface area contributed by atoms with Crippen LogP contribution in [0.5, 0.6) is 0 Å². The first kappa shape index (κ1) is 9.00. The molecular weight excluding hydrogens is 204 g/mol. The molecule has 0 fully saturated rings. The smallest absolute Gasteiger partial charge is 0.0508 e. The Balaban J connectivity index is 1.98. The van der Waals surface area contributed by atoms with E-state index in [0.29, 0.717) is 0 Å². The molecule has 0 amide bonds. The van der Waals surface area contributed by atoms with Gasteiger partial charge in [0.1, 0.15) is 0 Å². The maximum atomic E-state index is 2.32. The van der Waals surface area contributed by atoms with Crippen molar-refractivity contribution < 1.29 is 0 Å². The van der Waals surface area contributed by atoms with Crippen LogP contribution in [0, 0.1) is 5.41 Å². The second kappa shape index (κ2) is 2.98. The van der Waals surface area contributed by atoms with Gasteiger partial charge < -0.3 is 0 Å². The van der Waals surface area contributed by atoms with Gasteiger partial charge in [0.25, 0.3) is 0 Å². The van der Waals surface area contributed by atoms with Crippen molar-refractivity contribution in [3.8, 4) is 0 Å². The highest BCUT2D eigenvalue weighted by Crippen LogP contribution is 2.50. The molecule has 0 radical (unpaired) electrons. The van der Waals surface area contributed by atoms with Gasteiger partial charge in [-0.05, 0) is 28.3 Å². The van der Waals surface area contributed by atoms with Gasteiger partial charge in [0, 0.05) is 0 Å². The average molecular weight is 216 g/mol. The number of benzene rings is 1. The molecule has 0 heteroatoms. The zero-order valence-corrected chi connectivity index (χ0v) is 9.43. The minimum atomic E-state index is 0.00308. The van der Waals surface area contributed by atoms with Crippen molar-refractivity contribution in [1.29, 1.82) is 0 Å². The number of allylic oxidation sites excluding steroid dienone is 9. The summed E-state index contributed by atoms with van der Waals surface area (Å²) >= 11 is 0. The van der Waals surface area contributed by atoms with Crippen LogP contribution < -0.4 is 0 Å². The summed E-state index contributed by atoms with van der Waals surface area (Å²) in [6.07, 6.45) is 17.8. The summed E-state index contributed by atoms with van der Waals surface area (Å²) in [7, 11) is 0. The van der Waals surface area contributed by atoms with Gasteiger partial charge in [0.2, 0.25) is 0 Å². The summed E-state index contributed by atoms with van der Waals surface area (Å²) in [6, 6.07) is 8.62. The molecule has 0 nitrogen and oxygen atoms in total. The third-order valence-corrected chi connectivity index (χ3v) is 3.80. The van der Waals surface area contributed by atoms with Crippen molar-refractivity contribution in [3.63, 3.8) is 0 Å². The van der Waals surface area contributed by atoms with Crippen molar-refractivity contribution in [2.75, 3.05) is 0 Å². The van der Waals surface area contributed by atoms with E-state index < -0.39 is 0 Å². The van der Waals surface area contributed by atoms with Crippen molar-refractivity contribution in [3.05, 3.63) is 83.5 Å². The quantitative estimate of drug-likeness (QED) is 0.611. The molecule has 0 aliphatic heterocycles. The van der Waals surface area contributed by atoms with Gasteiger partial charge in [-0.25, -0.2) is 0 Å². The lowest BCUT2D eigenvalue weighted by Gasteiger charge is -2.27. The molecule has 0 saturated heterocycles. The van der Waals surface area contributed by atoms with Gasteiger partial charge in [-0.3, -0.25) is 0 Å². The molecule has 0 unspecified atom stereocenters. The summed E-state index contributed by atoms with van der Waals surface area (Å²) in [4.78, 5) is 0. The first-order valence-electron chi connectivity index (χ1n) is 5.98. The Kier molecular flexibility index (Phi) is 1.58. The Bertz CT molecular complexity index is 636. The van der Waals surface area contributed by atoms with Crippen molar-refractivity contribution in [2.24, 2.45) is 5.41 Å². The SMILES string of the molecule is C1=CC2(C=C1)C=CC=C1C2=Cc2ccccc21. The molecule has 17 heavy (non-hydrogen) atoms. The van der Waals surface area contributed by atoms with Crippen LogP contribution in [0.3, 0.4) is 0 Å². The monoisotopic (exact) mass is 216 g/mol. The largest absolute Gasteiger partial charge is 0.0664 e. The van der Waals surface area contributed by atoms with E-state index in [4.69, 9.17) is 0 Å². The average Bonchev–Trinajstić information content (AvgIpc) is 2.96. The van der Waals surface area contributed by atoms with Crippen LogP contribution in [0.25, 0.3) is 11.6 Å². The predicted molar refractivity (Wildman–Crippen MR) is 72.2 cm³/mol. The van der Waals surface area contributed by atoms with Crippen molar-refractivity contribution in [1.82, 2.24) is 0 Å². The normalized spacial score (nSPS) is 21.4. The van der Waals surface area contributed by atoms with Crippen LogP contribution in [0.1, 0.15) is 11.1 Å². The molecule has 3 aliphatic carbocycles. The van der Waals surface area contributed by atoms with Crippen LogP contribution >= 0.6 is 0 Å². The molecule has 1 aromatic rings. The first-order chi connectivity index (χ1) is 8.39. The summed E-state index contributed by atoms with van der Waals surface area (Å²) < 4.78 is 0. The van der Waals surface area contributed by atoms with Crippen LogP contribution in [-0.2, 0) is 0 Å². The van der Waals surface area contributed by atoms with Crippen LogP contribution in [0.4, 0.5) is 0 Å². The molecule has 3 aliphatic rings. The van der Waals surface area contributed by atoms with E-state index in [-0.39, 0.29) is 5.41 Å². The fraction of sp³-hybridized carbons (Fsp3) is 0.0588. The Morgan fingerprint density at radius 1 is 0.824 bits per heavy atom. The van der Waals surface area contributed by atoms with E-state index in [9.17, 15) is 0 Å². The molecule has 80 valence electrons. The van der Waals surface area contributed by atoms with E-state index in [1.165, 1.54) is 22.3 Å². The molecule has 1 aromatic carbocycles. The van der Waals surface area contributed by atoms with Gasteiger partial charge in [0.05, 0.1) is 5.41 Å². The van der Waals surface area contributed by atoms with E-state index in [2.05, 4.69) is 72.9 Å². The zero-order chi connectivity index (χ0) is 11.3. The number of rotatable bonds is 0. The lowest BCUT2D eigenvalue weighted by Crippen LogP contribution is -2.15. The van der Waals surface area contributed by atoms with Crippen LogP contribution in [-0.4, -0.2) is 0 Å². The third-order valence-electron chi connectivity index (χ3n) is 3.80. The van der Waals surface area contributed by atoms with Gasteiger partial charge in [-0.1, -0.05) is 66.8 Å². The fourth-order valence-corrected chi connectivity index (χ4v) is 2.95. The lowest BCUT2D eigenvalue weighted by molar-refractivity contribution is 0.799. The molecule has 0 atom stereocenters. The summed E-state index contributed by atoms with van der Waals surface area (Å²) in [6.45, 7) is 0. The highest BCUT2D eigenvalue weighted by molar-refractivity contribution is 5.98. The van der Waals surface area contributed by atoms with Crippen LogP contribution in [0.2, 0.25) is 0 Å². The molecule has 4 rings (SSSR count). The minimum absolute atomic E-state index is 0.00308. The highest BCUT2D eigenvalue weighted by Gasteiger charge is 2.35. The maximum Gasteiger partial charge on any atom is 0.0508 e. The number of hydrogen-bond donors (Lipinski definition) is 0. The van der Waals surface area contributed by atoms with E-state index in [1.54, 1.807) is 0 Å². The number of fused-ring (bicyclic) bond motifs is 4. The minimum Gasteiger partial charge on any atom is -0.0664 e. The van der Waals surface area contributed by atoms with Crippen LogP contribution in [0.15, 0.2) is 72.4 Å². The molecule has 0 aromatic heterocycles.